The van der Waals surface area contributed by atoms with Crippen molar-refractivity contribution >= 4 is 23.2 Å². The molecule has 0 saturated carbocycles. The molecule has 0 radical (unpaired) electrons. The Balaban J connectivity index is 1.94. The summed E-state index contributed by atoms with van der Waals surface area (Å²) in [6, 6.07) is 15.1. The summed E-state index contributed by atoms with van der Waals surface area (Å²) >= 11 is 0. The number of para-hydroxylation sites is 1. The summed E-state index contributed by atoms with van der Waals surface area (Å²) in [6.45, 7) is 0. The number of ketones is 2. The number of ether oxygens (including phenoxy) is 1. The SMILES string of the molecule is CN1C(=O)[C@@]2(C(C#N)=C(N)OC3=C2C(=O)c2ccccc2C3=O)c2ccccc21. The van der Waals surface area contributed by atoms with Gasteiger partial charge in [-0.1, -0.05) is 42.5 Å². The van der Waals surface area contributed by atoms with Crippen molar-refractivity contribution in [1.82, 2.24) is 0 Å². The van der Waals surface area contributed by atoms with Crippen LogP contribution in [0.25, 0.3) is 0 Å². The van der Waals surface area contributed by atoms with Gasteiger partial charge in [-0.15, -0.1) is 0 Å². The van der Waals surface area contributed by atoms with Crippen LogP contribution in [0.2, 0.25) is 0 Å². The normalized spacial score (nSPS) is 22.3. The van der Waals surface area contributed by atoms with Crippen LogP contribution in [0.4, 0.5) is 5.69 Å². The highest BCUT2D eigenvalue weighted by molar-refractivity contribution is 6.31. The van der Waals surface area contributed by atoms with Gasteiger partial charge < -0.3 is 15.4 Å². The van der Waals surface area contributed by atoms with E-state index in [9.17, 15) is 19.6 Å². The zero-order valence-electron chi connectivity index (χ0n) is 15.2. The van der Waals surface area contributed by atoms with Gasteiger partial charge in [0.05, 0.1) is 5.57 Å². The lowest BCUT2D eigenvalue weighted by Crippen LogP contribution is -2.49. The average molecular weight is 383 g/mol. The number of carbonyl (C=O) groups is 3. The minimum Gasteiger partial charge on any atom is -0.436 e. The van der Waals surface area contributed by atoms with Gasteiger partial charge in [-0.3, -0.25) is 14.4 Å². The molecular formula is C22H13N3O4. The van der Waals surface area contributed by atoms with Crippen molar-refractivity contribution in [2.24, 2.45) is 5.73 Å². The molecule has 7 heteroatoms. The number of hydrogen-bond acceptors (Lipinski definition) is 6. The molecule has 1 spiro atoms. The first-order valence-corrected chi connectivity index (χ1v) is 8.83. The molecule has 1 amide bonds. The fourth-order valence-corrected chi connectivity index (χ4v) is 4.44. The van der Waals surface area contributed by atoms with Gasteiger partial charge in [0, 0.05) is 29.4 Å². The van der Waals surface area contributed by atoms with E-state index in [1.165, 1.54) is 17.0 Å². The summed E-state index contributed by atoms with van der Waals surface area (Å²) in [6.07, 6.45) is 0. The number of carbonyl (C=O) groups excluding carboxylic acids is 3. The van der Waals surface area contributed by atoms with E-state index >= 15 is 0 Å². The molecule has 0 saturated heterocycles. The minimum absolute atomic E-state index is 0.159. The molecule has 1 atom stereocenters. The number of hydrogen-bond donors (Lipinski definition) is 1. The molecule has 2 heterocycles. The Bertz CT molecular complexity index is 1280. The van der Waals surface area contributed by atoms with Crippen LogP contribution in [0.3, 0.4) is 0 Å². The third-order valence-corrected chi connectivity index (χ3v) is 5.69. The average Bonchev–Trinajstić information content (AvgIpc) is 2.95. The maximum Gasteiger partial charge on any atom is 0.247 e. The van der Waals surface area contributed by atoms with E-state index in [0.717, 1.165) is 0 Å². The summed E-state index contributed by atoms with van der Waals surface area (Å²) in [4.78, 5) is 41.7. The van der Waals surface area contributed by atoms with Crippen LogP contribution in [0.5, 0.6) is 0 Å². The molecule has 1 aliphatic carbocycles. The van der Waals surface area contributed by atoms with Crippen LogP contribution in [0.15, 0.2) is 71.3 Å². The molecule has 0 unspecified atom stereocenters. The van der Waals surface area contributed by atoms with Crippen molar-refractivity contribution in [3.63, 3.8) is 0 Å². The molecule has 3 aliphatic rings. The highest BCUT2D eigenvalue weighted by atomic mass is 16.5. The zero-order valence-corrected chi connectivity index (χ0v) is 15.2. The third kappa shape index (κ3) is 1.78. The van der Waals surface area contributed by atoms with Crippen LogP contribution in [-0.2, 0) is 14.9 Å². The molecule has 2 aliphatic heterocycles. The number of likely N-dealkylation sites (N-methyl/N-ethyl adjacent to an activating group) is 1. The molecule has 2 N–H and O–H groups in total. The topological polar surface area (TPSA) is 113 Å². The smallest absolute Gasteiger partial charge is 0.247 e. The number of amides is 1. The van der Waals surface area contributed by atoms with Crippen LogP contribution < -0.4 is 10.6 Å². The maximum absolute atomic E-state index is 13.6. The monoisotopic (exact) mass is 383 g/mol. The van der Waals surface area contributed by atoms with Gasteiger partial charge in [0.25, 0.3) is 0 Å². The van der Waals surface area contributed by atoms with Crippen molar-refractivity contribution in [3.05, 3.63) is 88.0 Å². The predicted molar refractivity (Wildman–Crippen MR) is 102 cm³/mol. The number of anilines is 1. The molecule has 5 rings (SSSR count). The van der Waals surface area contributed by atoms with Crippen molar-refractivity contribution in [1.29, 1.82) is 5.26 Å². The molecule has 140 valence electrons. The quantitative estimate of drug-likeness (QED) is 0.744. The predicted octanol–water partition coefficient (Wildman–Crippen LogP) is 1.96. The number of Topliss-reactive ketones (excluding diaryl/α,β-unsaturated/α-hetero) is 2. The standard InChI is InChI=1S/C22H13N3O4/c1-25-15-9-5-4-8-13(15)22(21(25)28)14(10-23)20(24)29-19-16(22)17(26)11-6-2-3-7-12(11)18(19)27/h2-9H,24H2,1H3/t22-/m1/s1. The summed E-state index contributed by atoms with van der Waals surface area (Å²) in [5, 5.41) is 9.90. The molecule has 0 bridgehead atoms. The molecule has 2 aromatic rings. The zero-order chi connectivity index (χ0) is 20.5. The second-order valence-corrected chi connectivity index (χ2v) is 6.99. The Morgan fingerprint density at radius 2 is 1.62 bits per heavy atom. The fourth-order valence-electron chi connectivity index (χ4n) is 4.44. The number of allylic oxidation sites excluding steroid dienone is 1. The lowest BCUT2D eigenvalue weighted by Gasteiger charge is -2.37. The van der Waals surface area contributed by atoms with Crippen molar-refractivity contribution in [2.75, 3.05) is 11.9 Å². The largest absolute Gasteiger partial charge is 0.436 e. The van der Waals surface area contributed by atoms with E-state index in [0.29, 0.717) is 11.3 Å². The summed E-state index contributed by atoms with van der Waals surface area (Å²) in [5.74, 6) is -2.27. The summed E-state index contributed by atoms with van der Waals surface area (Å²) in [7, 11) is 1.56. The van der Waals surface area contributed by atoms with Crippen LogP contribution >= 0.6 is 0 Å². The van der Waals surface area contributed by atoms with Crippen LogP contribution in [-0.4, -0.2) is 24.5 Å². The second-order valence-electron chi connectivity index (χ2n) is 6.99. The lowest BCUT2D eigenvalue weighted by molar-refractivity contribution is -0.120. The van der Waals surface area contributed by atoms with E-state index in [1.54, 1.807) is 43.4 Å². The van der Waals surface area contributed by atoms with Crippen molar-refractivity contribution < 1.29 is 19.1 Å². The lowest BCUT2D eigenvalue weighted by atomic mass is 9.64. The number of nitrogens with zero attached hydrogens (tertiary/aromatic N) is 2. The highest BCUT2D eigenvalue weighted by Crippen LogP contribution is 2.55. The third-order valence-electron chi connectivity index (χ3n) is 5.69. The Morgan fingerprint density at radius 3 is 2.31 bits per heavy atom. The number of nitrogens with two attached hydrogens (primary N) is 1. The van der Waals surface area contributed by atoms with E-state index in [1.807, 2.05) is 6.07 Å². The van der Waals surface area contributed by atoms with Crippen molar-refractivity contribution in [3.8, 4) is 6.07 Å². The number of benzene rings is 2. The van der Waals surface area contributed by atoms with Gasteiger partial charge in [0.2, 0.25) is 17.6 Å². The minimum atomic E-state index is -1.82. The Kier molecular flexibility index (Phi) is 3.17. The molecule has 2 aromatic carbocycles. The summed E-state index contributed by atoms with van der Waals surface area (Å²) < 4.78 is 5.49. The number of rotatable bonds is 0. The first-order chi connectivity index (χ1) is 13.9. The van der Waals surface area contributed by atoms with Gasteiger partial charge in [-0.2, -0.15) is 5.26 Å². The molecule has 0 aromatic heterocycles. The molecular weight excluding hydrogens is 370 g/mol. The van der Waals surface area contributed by atoms with E-state index in [2.05, 4.69) is 0 Å². The first-order valence-electron chi connectivity index (χ1n) is 8.83. The fraction of sp³-hybridized carbons (Fsp3) is 0.0909. The number of nitriles is 1. The van der Waals surface area contributed by atoms with Crippen LogP contribution in [0, 0.1) is 11.3 Å². The molecule has 0 fully saturated rings. The Morgan fingerprint density at radius 1 is 1.00 bits per heavy atom. The van der Waals surface area contributed by atoms with Crippen molar-refractivity contribution in [2.45, 2.75) is 5.41 Å². The first kappa shape index (κ1) is 17.0. The highest BCUT2D eigenvalue weighted by Gasteiger charge is 2.63. The van der Waals surface area contributed by atoms with Gasteiger partial charge in [-0.25, -0.2) is 0 Å². The Labute approximate surface area is 165 Å². The van der Waals surface area contributed by atoms with E-state index in [4.69, 9.17) is 10.5 Å². The van der Waals surface area contributed by atoms with E-state index in [-0.39, 0.29) is 33.9 Å². The second kappa shape index (κ2) is 5.42. The maximum atomic E-state index is 13.6. The van der Waals surface area contributed by atoms with E-state index < -0.39 is 22.9 Å². The van der Waals surface area contributed by atoms with Crippen LogP contribution in [0.1, 0.15) is 26.3 Å². The summed E-state index contributed by atoms with van der Waals surface area (Å²) in [5.41, 5.74) is 5.12. The molecule has 29 heavy (non-hydrogen) atoms. The Hall–Kier alpha value is -4.18. The van der Waals surface area contributed by atoms with Gasteiger partial charge in [0.15, 0.2) is 11.5 Å². The van der Waals surface area contributed by atoms with Gasteiger partial charge in [0.1, 0.15) is 17.1 Å². The number of fused-ring (bicyclic) bond motifs is 4. The van der Waals surface area contributed by atoms with Gasteiger partial charge in [-0.05, 0) is 6.07 Å². The molecule has 7 nitrogen and oxygen atoms in total. The van der Waals surface area contributed by atoms with Gasteiger partial charge >= 0.3 is 0 Å².